The first-order chi connectivity index (χ1) is 7.02. The average molecular weight is 225 g/mol. The van der Waals surface area contributed by atoms with Crippen LogP contribution in [0, 0.1) is 0 Å². The third kappa shape index (κ3) is 2.99. The summed E-state index contributed by atoms with van der Waals surface area (Å²) in [7, 11) is 0. The maximum absolute atomic E-state index is 10.8. The van der Waals surface area contributed by atoms with Crippen LogP contribution in [-0.4, -0.2) is 22.2 Å². The van der Waals surface area contributed by atoms with Crippen LogP contribution >= 0.6 is 11.8 Å². The van der Waals surface area contributed by atoms with E-state index in [4.69, 9.17) is 10.8 Å². The predicted octanol–water partition coefficient (Wildman–Crippen LogP) is 1.35. The monoisotopic (exact) mass is 225 g/mol. The van der Waals surface area contributed by atoms with Crippen molar-refractivity contribution < 1.29 is 14.7 Å². The summed E-state index contributed by atoms with van der Waals surface area (Å²) in [5.41, 5.74) is 5.29. The lowest BCUT2D eigenvalue weighted by molar-refractivity contribution is -0.117. The van der Waals surface area contributed by atoms with Crippen molar-refractivity contribution in [3.05, 3.63) is 29.8 Å². The molecule has 0 fully saturated rings. The lowest BCUT2D eigenvalue weighted by Crippen LogP contribution is -2.22. The van der Waals surface area contributed by atoms with Gasteiger partial charge in [-0.15, -0.1) is 11.8 Å². The van der Waals surface area contributed by atoms with Gasteiger partial charge in [-0.1, -0.05) is 12.1 Å². The van der Waals surface area contributed by atoms with Gasteiger partial charge in [0.15, 0.2) is 0 Å². The standard InChI is InChI=1S/C10H11NO3S/c1-6(9(11)12)15-8-5-3-2-4-7(8)10(13)14/h2-6H,1H3,(H2,11,12)(H,13,14). The molecule has 0 aliphatic carbocycles. The summed E-state index contributed by atoms with van der Waals surface area (Å²) in [4.78, 5) is 22.2. The SMILES string of the molecule is CC(Sc1ccccc1C(=O)O)C(N)=O. The molecule has 1 atom stereocenters. The summed E-state index contributed by atoms with van der Waals surface area (Å²) in [5, 5.41) is 8.45. The van der Waals surface area contributed by atoms with Crippen LogP contribution in [0.5, 0.6) is 0 Å². The number of carbonyl (C=O) groups excluding carboxylic acids is 1. The Balaban J connectivity index is 2.94. The minimum atomic E-state index is -1.00. The molecule has 0 saturated heterocycles. The average Bonchev–Trinajstić information content (AvgIpc) is 2.18. The second-order valence-corrected chi connectivity index (χ2v) is 4.35. The van der Waals surface area contributed by atoms with Crippen molar-refractivity contribution in [3.63, 3.8) is 0 Å². The van der Waals surface area contributed by atoms with E-state index in [1.807, 2.05) is 0 Å². The van der Waals surface area contributed by atoms with Gasteiger partial charge in [0.25, 0.3) is 0 Å². The Morgan fingerprint density at radius 1 is 1.40 bits per heavy atom. The maximum atomic E-state index is 10.8. The number of rotatable bonds is 4. The van der Waals surface area contributed by atoms with E-state index in [1.54, 1.807) is 25.1 Å². The fourth-order valence-corrected chi connectivity index (χ4v) is 1.93. The number of benzene rings is 1. The van der Waals surface area contributed by atoms with E-state index in [-0.39, 0.29) is 5.56 Å². The molecule has 0 aliphatic heterocycles. The molecule has 80 valence electrons. The van der Waals surface area contributed by atoms with Gasteiger partial charge in [-0.2, -0.15) is 0 Å². The highest BCUT2D eigenvalue weighted by Crippen LogP contribution is 2.26. The molecule has 5 heteroatoms. The molecule has 1 aromatic rings. The Kier molecular flexibility index (Phi) is 3.74. The Hall–Kier alpha value is -1.49. The summed E-state index contributed by atoms with van der Waals surface area (Å²) >= 11 is 1.15. The Morgan fingerprint density at radius 3 is 2.53 bits per heavy atom. The van der Waals surface area contributed by atoms with Gasteiger partial charge in [-0.05, 0) is 19.1 Å². The summed E-state index contributed by atoms with van der Waals surface area (Å²) < 4.78 is 0. The van der Waals surface area contributed by atoms with Crippen LogP contribution in [0.3, 0.4) is 0 Å². The Morgan fingerprint density at radius 2 is 2.00 bits per heavy atom. The molecular weight excluding hydrogens is 214 g/mol. The van der Waals surface area contributed by atoms with Crippen LogP contribution < -0.4 is 5.73 Å². The largest absolute Gasteiger partial charge is 0.478 e. The van der Waals surface area contributed by atoms with Gasteiger partial charge in [0.05, 0.1) is 10.8 Å². The molecule has 0 heterocycles. The van der Waals surface area contributed by atoms with E-state index < -0.39 is 17.1 Å². The number of amides is 1. The fourth-order valence-electron chi connectivity index (χ4n) is 0.995. The zero-order valence-electron chi connectivity index (χ0n) is 8.14. The van der Waals surface area contributed by atoms with Crippen LogP contribution in [0.2, 0.25) is 0 Å². The molecule has 1 amide bonds. The fraction of sp³-hybridized carbons (Fsp3) is 0.200. The quantitative estimate of drug-likeness (QED) is 0.758. The topological polar surface area (TPSA) is 80.4 Å². The van der Waals surface area contributed by atoms with E-state index >= 15 is 0 Å². The first-order valence-corrected chi connectivity index (χ1v) is 5.18. The third-order valence-corrected chi connectivity index (χ3v) is 3.02. The summed E-state index contributed by atoms with van der Waals surface area (Å²) in [6, 6.07) is 6.52. The molecule has 0 aliphatic rings. The van der Waals surface area contributed by atoms with Crippen molar-refractivity contribution in [1.29, 1.82) is 0 Å². The van der Waals surface area contributed by atoms with Crippen molar-refractivity contribution >= 4 is 23.6 Å². The lowest BCUT2D eigenvalue weighted by atomic mass is 10.2. The normalized spacial score (nSPS) is 12.1. The number of carboxylic acid groups (broad SMARTS) is 1. The van der Waals surface area contributed by atoms with Gasteiger partial charge in [0, 0.05) is 4.90 Å². The second kappa shape index (κ2) is 4.84. The van der Waals surface area contributed by atoms with Gasteiger partial charge in [-0.25, -0.2) is 4.79 Å². The number of carbonyl (C=O) groups is 2. The summed E-state index contributed by atoms with van der Waals surface area (Å²) in [5.74, 6) is -1.46. The van der Waals surface area contributed by atoms with Crippen LogP contribution in [0.1, 0.15) is 17.3 Å². The van der Waals surface area contributed by atoms with Crippen LogP contribution in [0.15, 0.2) is 29.2 Å². The molecule has 1 aromatic carbocycles. The molecule has 4 nitrogen and oxygen atoms in total. The molecule has 0 saturated carbocycles. The number of hydrogen-bond donors (Lipinski definition) is 2. The molecule has 15 heavy (non-hydrogen) atoms. The van der Waals surface area contributed by atoms with E-state index in [0.29, 0.717) is 4.90 Å². The maximum Gasteiger partial charge on any atom is 0.336 e. The number of carboxylic acids is 1. The summed E-state index contributed by atoms with van der Waals surface area (Å²) in [6.07, 6.45) is 0. The minimum absolute atomic E-state index is 0.190. The number of thioether (sulfide) groups is 1. The molecule has 0 bridgehead atoms. The van der Waals surface area contributed by atoms with Gasteiger partial charge in [-0.3, -0.25) is 4.79 Å². The zero-order chi connectivity index (χ0) is 11.4. The molecule has 1 rings (SSSR count). The van der Waals surface area contributed by atoms with Crippen molar-refractivity contribution in [2.45, 2.75) is 17.1 Å². The number of hydrogen-bond acceptors (Lipinski definition) is 3. The van der Waals surface area contributed by atoms with Crippen LogP contribution in [0.4, 0.5) is 0 Å². The number of nitrogens with two attached hydrogens (primary N) is 1. The van der Waals surface area contributed by atoms with Gasteiger partial charge in [0.2, 0.25) is 5.91 Å². The first kappa shape index (κ1) is 11.6. The number of primary amides is 1. The highest BCUT2D eigenvalue weighted by atomic mass is 32.2. The number of aromatic carboxylic acids is 1. The molecule has 3 N–H and O–H groups in total. The van der Waals surface area contributed by atoms with E-state index in [2.05, 4.69) is 0 Å². The molecule has 1 unspecified atom stereocenters. The smallest absolute Gasteiger partial charge is 0.336 e. The minimum Gasteiger partial charge on any atom is -0.478 e. The zero-order valence-corrected chi connectivity index (χ0v) is 8.95. The van der Waals surface area contributed by atoms with Gasteiger partial charge >= 0.3 is 5.97 Å². The van der Waals surface area contributed by atoms with Crippen LogP contribution in [0.25, 0.3) is 0 Å². The van der Waals surface area contributed by atoms with Crippen molar-refractivity contribution in [1.82, 2.24) is 0 Å². The van der Waals surface area contributed by atoms with Gasteiger partial charge in [0.1, 0.15) is 0 Å². The highest BCUT2D eigenvalue weighted by molar-refractivity contribution is 8.00. The van der Waals surface area contributed by atoms with E-state index in [9.17, 15) is 9.59 Å². The highest BCUT2D eigenvalue weighted by Gasteiger charge is 2.15. The molecule has 0 aromatic heterocycles. The Bertz CT molecular complexity index is 392. The second-order valence-electron chi connectivity index (χ2n) is 2.96. The molecule has 0 spiro atoms. The van der Waals surface area contributed by atoms with Crippen molar-refractivity contribution in [3.8, 4) is 0 Å². The van der Waals surface area contributed by atoms with E-state index in [1.165, 1.54) is 6.07 Å². The van der Waals surface area contributed by atoms with Crippen molar-refractivity contribution in [2.75, 3.05) is 0 Å². The third-order valence-electron chi connectivity index (χ3n) is 1.82. The predicted molar refractivity (Wildman–Crippen MR) is 57.9 cm³/mol. The summed E-state index contributed by atoms with van der Waals surface area (Å²) in [6.45, 7) is 1.64. The van der Waals surface area contributed by atoms with Crippen LogP contribution in [-0.2, 0) is 4.79 Å². The molecule has 0 radical (unpaired) electrons. The van der Waals surface area contributed by atoms with E-state index in [0.717, 1.165) is 11.8 Å². The van der Waals surface area contributed by atoms with Crippen molar-refractivity contribution in [2.24, 2.45) is 5.73 Å². The Labute approximate surface area is 91.5 Å². The molecular formula is C10H11NO3S. The van der Waals surface area contributed by atoms with Gasteiger partial charge < -0.3 is 10.8 Å². The first-order valence-electron chi connectivity index (χ1n) is 4.30. The lowest BCUT2D eigenvalue weighted by Gasteiger charge is -2.08.